The summed E-state index contributed by atoms with van der Waals surface area (Å²) in [6, 6.07) is 3.40. The second-order valence-electron chi connectivity index (χ2n) is 10.6. The number of allylic oxidation sites excluding steroid dienone is 1. The Kier molecular flexibility index (Phi) is 6.81. The maximum atomic E-state index is 14.3. The summed E-state index contributed by atoms with van der Waals surface area (Å²) in [4.78, 5) is 3.98. The van der Waals surface area contributed by atoms with E-state index >= 15 is 0 Å². The minimum absolute atomic E-state index is 0.246. The summed E-state index contributed by atoms with van der Waals surface area (Å²) >= 11 is 0. The monoisotopic (exact) mass is 427 g/mol. The van der Waals surface area contributed by atoms with Crippen LogP contribution in [0.2, 0.25) is 0 Å². The lowest BCUT2D eigenvalue weighted by molar-refractivity contribution is 0.179. The van der Waals surface area contributed by atoms with Gasteiger partial charge in [0.15, 0.2) is 5.75 Å². The van der Waals surface area contributed by atoms with E-state index < -0.39 is 5.95 Å². The van der Waals surface area contributed by atoms with Crippen LogP contribution in [0.1, 0.15) is 83.5 Å². The molecule has 31 heavy (non-hydrogen) atoms. The van der Waals surface area contributed by atoms with E-state index in [1.54, 1.807) is 12.1 Å². The first-order valence-corrected chi connectivity index (χ1v) is 12.8. The third-order valence-corrected chi connectivity index (χ3v) is 8.46. The van der Waals surface area contributed by atoms with E-state index in [0.29, 0.717) is 25.0 Å². The summed E-state index contributed by atoms with van der Waals surface area (Å²) in [7, 11) is 0. The van der Waals surface area contributed by atoms with Crippen LogP contribution in [-0.2, 0) is 0 Å². The van der Waals surface area contributed by atoms with E-state index in [1.807, 2.05) is 0 Å². The molecule has 5 rings (SSSR count). The molecule has 4 heteroatoms. The number of halogens is 1. The van der Waals surface area contributed by atoms with Crippen molar-refractivity contribution < 1.29 is 13.9 Å². The van der Waals surface area contributed by atoms with Gasteiger partial charge in [0, 0.05) is 6.07 Å². The molecule has 0 aliphatic heterocycles. The molecule has 1 heterocycles. The Morgan fingerprint density at radius 1 is 0.806 bits per heavy atom. The lowest BCUT2D eigenvalue weighted by atomic mass is 9.70. The van der Waals surface area contributed by atoms with Crippen LogP contribution in [0.3, 0.4) is 0 Å². The van der Waals surface area contributed by atoms with Crippen LogP contribution in [0.4, 0.5) is 4.39 Å². The van der Waals surface area contributed by atoms with Crippen LogP contribution in [-0.4, -0.2) is 18.2 Å². The van der Waals surface area contributed by atoms with Crippen molar-refractivity contribution in [3.05, 3.63) is 29.7 Å². The molecule has 0 radical (unpaired) electrons. The number of rotatable bonds is 8. The van der Waals surface area contributed by atoms with E-state index in [2.05, 4.69) is 11.1 Å². The van der Waals surface area contributed by atoms with Crippen molar-refractivity contribution in [3.8, 4) is 11.6 Å². The first-order chi connectivity index (χ1) is 15.2. The molecule has 0 spiro atoms. The van der Waals surface area contributed by atoms with Crippen LogP contribution in [0.5, 0.6) is 11.6 Å². The standard InChI is InChI=1S/C27H38FNO2/c28-27-25(30-17-19-3-1-2-4-19)15-16-26(29-27)31-18-20-5-7-21(8-6-20)22-9-11-23(12-10-22)24-13-14-24/h5,15-16,19,21-24H,1-4,6-14,17-18H2. The van der Waals surface area contributed by atoms with Crippen molar-refractivity contribution in [2.24, 2.45) is 29.6 Å². The second-order valence-corrected chi connectivity index (χ2v) is 10.6. The van der Waals surface area contributed by atoms with Gasteiger partial charge in [-0.2, -0.15) is 9.37 Å². The predicted molar refractivity (Wildman–Crippen MR) is 121 cm³/mol. The average Bonchev–Trinajstić information content (AvgIpc) is 3.53. The summed E-state index contributed by atoms with van der Waals surface area (Å²) in [6.45, 7) is 1.12. The molecule has 1 unspecified atom stereocenters. The Morgan fingerprint density at radius 2 is 1.48 bits per heavy atom. The Labute approximate surface area is 186 Å². The normalized spacial score (nSPS) is 29.6. The van der Waals surface area contributed by atoms with Crippen molar-refractivity contribution in [1.82, 2.24) is 4.98 Å². The lowest BCUT2D eigenvalue weighted by Gasteiger charge is -2.35. The fraction of sp³-hybridized carbons (Fsp3) is 0.741. The molecule has 1 aromatic rings. The highest BCUT2D eigenvalue weighted by Crippen LogP contribution is 2.47. The van der Waals surface area contributed by atoms with Gasteiger partial charge in [-0.1, -0.05) is 18.9 Å². The van der Waals surface area contributed by atoms with Gasteiger partial charge in [-0.3, -0.25) is 0 Å². The van der Waals surface area contributed by atoms with Crippen molar-refractivity contribution in [2.75, 3.05) is 13.2 Å². The van der Waals surface area contributed by atoms with Crippen molar-refractivity contribution in [1.29, 1.82) is 0 Å². The van der Waals surface area contributed by atoms with E-state index in [1.165, 1.54) is 82.6 Å². The molecular weight excluding hydrogens is 389 g/mol. The zero-order chi connectivity index (χ0) is 21.0. The topological polar surface area (TPSA) is 31.4 Å². The maximum absolute atomic E-state index is 14.3. The number of hydrogen-bond acceptors (Lipinski definition) is 3. The van der Waals surface area contributed by atoms with Gasteiger partial charge in [0.2, 0.25) is 5.88 Å². The highest BCUT2D eigenvalue weighted by Gasteiger charge is 2.36. The zero-order valence-corrected chi connectivity index (χ0v) is 18.9. The molecule has 0 aromatic carbocycles. The highest BCUT2D eigenvalue weighted by atomic mass is 19.1. The Balaban J connectivity index is 1.05. The molecular formula is C27H38FNO2. The molecule has 3 nitrogen and oxygen atoms in total. The number of nitrogens with zero attached hydrogens (tertiary/aromatic N) is 1. The van der Waals surface area contributed by atoms with Crippen LogP contribution in [0, 0.1) is 35.5 Å². The second kappa shape index (κ2) is 9.92. The molecule has 0 bridgehead atoms. The minimum Gasteiger partial charge on any atom is -0.488 e. The van der Waals surface area contributed by atoms with Gasteiger partial charge in [0.1, 0.15) is 6.61 Å². The van der Waals surface area contributed by atoms with Gasteiger partial charge in [-0.25, -0.2) is 0 Å². The lowest BCUT2D eigenvalue weighted by Crippen LogP contribution is -2.24. The molecule has 1 atom stereocenters. The van der Waals surface area contributed by atoms with Gasteiger partial charge < -0.3 is 9.47 Å². The van der Waals surface area contributed by atoms with Crippen LogP contribution >= 0.6 is 0 Å². The third-order valence-electron chi connectivity index (χ3n) is 8.46. The van der Waals surface area contributed by atoms with Gasteiger partial charge in [0.25, 0.3) is 5.95 Å². The molecule has 4 aliphatic carbocycles. The van der Waals surface area contributed by atoms with Gasteiger partial charge in [0.05, 0.1) is 6.61 Å². The van der Waals surface area contributed by atoms with Gasteiger partial charge >= 0.3 is 0 Å². The third kappa shape index (κ3) is 5.62. The smallest absolute Gasteiger partial charge is 0.258 e. The molecule has 170 valence electrons. The molecule has 0 saturated heterocycles. The number of aromatic nitrogens is 1. The van der Waals surface area contributed by atoms with E-state index in [9.17, 15) is 4.39 Å². The Bertz CT molecular complexity index is 760. The van der Waals surface area contributed by atoms with E-state index in [0.717, 1.165) is 30.1 Å². The Morgan fingerprint density at radius 3 is 2.10 bits per heavy atom. The zero-order valence-electron chi connectivity index (χ0n) is 18.9. The number of pyridine rings is 1. The predicted octanol–water partition coefficient (Wildman–Crippen LogP) is 7.11. The van der Waals surface area contributed by atoms with Gasteiger partial charge in [-0.05, 0) is 112 Å². The summed E-state index contributed by atoms with van der Waals surface area (Å²) < 4.78 is 25.8. The Hall–Kier alpha value is -1.58. The highest BCUT2D eigenvalue weighted by molar-refractivity contribution is 5.25. The summed E-state index contributed by atoms with van der Waals surface area (Å²) in [5.41, 5.74) is 1.34. The molecule has 0 N–H and O–H groups in total. The number of hydrogen-bond donors (Lipinski definition) is 0. The molecule has 4 aliphatic rings. The minimum atomic E-state index is -0.560. The SMILES string of the molecule is Fc1nc(OCC2=CCC(C3CCC(C4CC4)CC3)CC2)ccc1OCC1CCCC1. The molecule has 1 aromatic heterocycles. The van der Waals surface area contributed by atoms with Crippen molar-refractivity contribution in [2.45, 2.75) is 83.5 Å². The molecule has 3 fully saturated rings. The van der Waals surface area contributed by atoms with Crippen molar-refractivity contribution in [3.63, 3.8) is 0 Å². The summed E-state index contributed by atoms with van der Waals surface area (Å²) in [6.07, 6.45) is 19.7. The van der Waals surface area contributed by atoms with E-state index in [4.69, 9.17) is 9.47 Å². The maximum Gasteiger partial charge on any atom is 0.258 e. The number of ether oxygens (including phenoxy) is 2. The fourth-order valence-electron chi connectivity index (χ4n) is 6.27. The summed E-state index contributed by atoms with van der Waals surface area (Å²) in [5, 5.41) is 0. The van der Waals surface area contributed by atoms with E-state index in [-0.39, 0.29) is 5.75 Å². The summed E-state index contributed by atoms with van der Waals surface area (Å²) in [5.74, 6) is 4.52. The van der Waals surface area contributed by atoms with Crippen LogP contribution < -0.4 is 9.47 Å². The van der Waals surface area contributed by atoms with Gasteiger partial charge in [-0.15, -0.1) is 0 Å². The molecule has 0 amide bonds. The fourth-order valence-corrected chi connectivity index (χ4v) is 6.27. The van der Waals surface area contributed by atoms with Crippen LogP contribution in [0.15, 0.2) is 23.8 Å². The van der Waals surface area contributed by atoms with Crippen molar-refractivity contribution >= 4 is 0 Å². The van der Waals surface area contributed by atoms with Crippen LogP contribution in [0.25, 0.3) is 0 Å². The first kappa shape index (κ1) is 21.3. The molecule has 3 saturated carbocycles. The quantitative estimate of drug-likeness (QED) is 0.327. The first-order valence-electron chi connectivity index (χ1n) is 12.8. The average molecular weight is 428 g/mol. The largest absolute Gasteiger partial charge is 0.488 e.